The molecule has 3 rings (SSSR count). The highest BCUT2D eigenvalue weighted by atomic mass is 16.5. The molecule has 0 saturated heterocycles. The summed E-state index contributed by atoms with van der Waals surface area (Å²) in [5.41, 5.74) is 2.11. The Bertz CT molecular complexity index is 799. The summed E-state index contributed by atoms with van der Waals surface area (Å²) in [6, 6.07) is 7.93. The van der Waals surface area contributed by atoms with Crippen LogP contribution in [0.1, 0.15) is 16.4 Å². The third-order valence-corrected chi connectivity index (χ3v) is 3.25. The lowest BCUT2D eigenvalue weighted by Crippen LogP contribution is -2.03. The number of oxazole rings is 1. The van der Waals surface area contributed by atoms with Crippen LogP contribution in [-0.2, 0) is 11.8 Å². The molecule has 20 heavy (non-hydrogen) atoms. The first kappa shape index (κ1) is 12.5. The van der Waals surface area contributed by atoms with Gasteiger partial charge in [0.1, 0.15) is 0 Å². The highest BCUT2D eigenvalue weighted by Gasteiger charge is 2.23. The Balaban J connectivity index is 2.29. The van der Waals surface area contributed by atoms with Crippen molar-refractivity contribution in [1.82, 2.24) is 9.55 Å². The molecule has 0 aliphatic rings. The number of benzene rings is 1. The predicted molar refractivity (Wildman–Crippen MR) is 74.5 cm³/mol. The molecule has 0 bridgehead atoms. The van der Waals surface area contributed by atoms with E-state index in [0.29, 0.717) is 11.7 Å². The lowest BCUT2D eigenvalue weighted by molar-refractivity contribution is 0.0595. The van der Waals surface area contributed by atoms with Crippen molar-refractivity contribution in [3.05, 3.63) is 42.0 Å². The van der Waals surface area contributed by atoms with E-state index < -0.39 is 5.97 Å². The van der Waals surface area contributed by atoms with Crippen LogP contribution in [0.2, 0.25) is 0 Å². The van der Waals surface area contributed by atoms with Crippen LogP contribution in [0.5, 0.6) is 0 Å². The van der Waals surface area contributed by atoms with Crippen molar-refractivity contribution in [2.75, 3.05) is 7.11 Å². The number of para-hydroxylation sites is 1. The summed E-state index contributed by atoms with van der Waals surface area (Å²) in [6.07, 6.45) is 1.93. The van der Waals surface area contributed by atoms with Gasteiger partial charge in [-0.3, -0.25) is 0 Å². The second-order valence-electron chi connectivity index (χ2n) is 4.57. The van der Waals surface area contributed by atoms with Gasteiger partial charge in [0.05, 0.1) is 7.11 Å². The van der Waals surface area contributed by atoms with Crippen molar-refractivity contribution in [3.63, 3.8) is 0 Å². The van der Waals surface area contributed by atoms with Gasteiger partial charge in [-0.2, -0.15) is 0 Å². The maximum absolute atomic E-state index is 11.8. The molecule has 0 fully saturated rings. The molecule has 0 aliphatic carbocycles. The summed E-state index contributed by atoms with van der Waals surface area (Å²) in [5.74, 6) is 0.393. The van der Waals surface area contributed by atoms with Gasteiger partial charge in [-0.1, -0.05) is 18.2 Å². The number of carbonyl (C=O) groups is 1. The van der Waals surface area contributed by atoms with Crippen molar-refractivity contribution in [2.45, 2.75) is 6.92 Å². The zero-order valence-electron chi connectivity index (χ0n) is 11.5. The van der Waals surface area contributed by atoms with E-state index in [2.05, 4.69) is 4.98 Å². The van der Waals surface area contributed by atoms with Crippen LogP contribution < -0.4 is 0 Å². The second kappa shape index (κ2) is 4.52. The minimum Gasteiger partial charge on any atom is -0.464 e. The van der Waals surface area contributed by atoms with Gasteiger partial charge in [-0.25, -0.2) is 9.78 Å². The lowest BCUT2D eigenvalue weighted by Gasteiger charge is -1.98. The molecule has 2 heterocycles. The number of ether oxygens (including phenoxy) is 1. The van der Waals surface area contributed by atoms with E-state index in [1.54, 1.807) is 6.92 Å². The Morgan fingerprint density at radius 3 is 2.85 bits per heavy atom. The first-order valence-corrected chi connectivity index (χ1v) is 6.22. The Morgan fingerprint density at radius 2 is 2.10 bits per heavy atom. The Kier molecular flexibility index (Phi) is 2.82. The molecule has 102 valence electrons. The van der Waals surface area contributed by atoms with Gasteiger partial charge in [0.25, 0.3) is 0 Å². The molecule has 0 spiro atoms. The molecule has 5 heteroatoms. The van der Waals surface area contributed by atoms with E-state index in [4.69, 9.17) is 9.15 Å². The molecule has 0 amide bonds. The molecule has 0 saturated carbocycles. The quantitative estimate of drug-likeness (QED) is 0.672. The Hall–Kier alpha value is -2.56. The summed E-state index contributed by atoms with van der Waals surface area (Å²) in [6.45, 7) is 1.71. The fourth-order valence-electron chi connectivity index (χ4n) is 2.37. The molecule has 0 unspecified atom stereocenters. The normalized spacial score (nSPS) is 10.9. The zero-order chi connectivity index (χ0) is 14.3. The fourth-order valence-corrected chi connectivity index (χ4v) is 2.37. The summed E-state index contributed by atoms with van der Waals surface area (Å²) in [4.78, 5) is 15.9. The number of fused-ring (bicyclic) bond motifs is 1. The molecule has 0 aliphatic heterocycles. The fraction of sp³-hybridized carbons (Fsp3) is 0.200. The molecule has 3 aromatic rings. The van der Waals surface area contributed by atoms with E-state index in [0.717, 1.165) is 16.5 Å². The number of nitrogens with zero attached hydrogens (tertiary/aromatic N) is 2. The zero-order valence-corrected chi connectivity index (χ0v) is 11.5. The highest BCUT2D eigenvalue weighted by molar-refractivity contribution is 6.01. The average Bonchev–Trinajstić information content (AvgIpc) is 2.99. The first-order valence-electron chi connectivity index (χ1n) is 6.22. The first-order chi connectivity index (χ1) is 9.61. The minimum atomic E-state index is -0.496. The van der Waals surface area contributed by atoms with Gasteiger partial charge in [0, 0.05) is 36.6 Å². The Labute approximate surface area is 115 Å². The monoisotopic (exact) mass is 270 g/mol. The van der Waals surface area contributed by atoms with E-state index in [1.807, 2.05) is 42.1 Å². The predicted octanol–water partition coefficient (Wildman–Crippen LogP) is 2.93. The molecule has 0 atom stereocenters. The smallest absolute Gasteiger partial charge is 0.360 e. The van der Waals surface area contributed by atoms with Crippen LogP contribution in [0.3, 0.4) is 0 Å². The molecular weight excluding hydrogens is 256 g/mol. The number of methoxy groups -OCH3 is 1. The van der Waals surface area contributed by atoms with Gasteiger partial charge >= 0.3 is 5.97 Å². The van der Waals surface area contributed by atoms with Crippen molar-refractivity contribution in [2.24, 2.45) is 7.05 Å². The number of hydrogen-bond acceptors (Lipinski definition) is 4. The Morgan fingerprint density at radius 1 is 1.35 bits per heavy atom. The van der Waals surface area contributed by atoms with Gasteiger partial charge in [-0.05, 0) is 6.07 Å². The van der Waals surface area contributed by atoms with Crippen molar-refractivity contribution in [1.29, 1.82) is 0 Å². The maximum Gasteiger partial charge on any atom is 0.360 e. The van der Waals surface area contributed by atoms with Crippen molar-refractivity contribution in [3.8, 4) is 11.3 Å². The average molecular weight is 270 g/mol. The van der Waals surface area contributed by atoms with E-state index in [9.17, 15) is 4.79 Å². The van der Waals surface area contributed by atoms with E-state index >= 15 is 0 Å². The van der Waals surface area contributed by atoms with E-state index in [1.165, 1.54) is 7.11 Å². The van der Waals surface area contributed by atoms with Crippen molar-refractivity contribution < 1.29 is 13.9 Å². The van der Waals surface area contributed by atoms with Crippen LogP contribution in [0.15, 0.2) is 34.9 Å². The summed E-state index contributed by atoms with van der Waals surface area (Å²) in [5, 5.41) is 1.01. The van der Waals surface area contributed by atoms with Gasteiger partial charge in [0.15, 0.2) is 17.3 Å². The summed E-state index contributed by atoms with van der Waals surface area (Å²) >= 11 is 0. The van der Waals surface area contributed by atoms with Crippen LogP contribution in [0, 0.1) is 6.92 Å². The van der Waals surface area contributed by atoms with Crippen LogP contribution >= 0.6 is 0 Å². The largest absolute Gasteiger partial charge is 0.464 e. The van der Waals surface area contributed by atoms with Crippen LogP contribution in [0.4, 0.5) is 0 Å². The van der Waals surface area contributed by atoms with Crippen LogP contribution in [-0.4, -0.2) is 22.6 Å². The molecule has 0 N–H and O–H groups in total. The summed E-state index contributed by atoms with van der Waals surface area (Å²) in [7, 11) is 3.28. The minimum absolute atomic E-state index is 0.210. The molecule has 5 nitrogen and oxygen atoms in total. The second-order valence-corrected chi connectivity index (χ2v) is 4.57. The van der Waals surface area contributed by atoms with Crippen LogP contribution in [0.25, 0.3) is 22.2 Å². The molecule has 1 aromatic carbocycles. The number of aromatic nitrogens is 2. The lowest BCUT2D eigenvalue weighted by atomic mass is 10.1. The molecule has 0 radical (unpaired) electrons. The van der Waals surface area contributed by atoms with E-state index in [-0.39, 0.29) is 5.69 Å². The molecular formula is C15H14N2O3. The number of hydrogen-bond donors (Lipinski definition) is 0. The standard InChI is InChI=1S/C15H14N2O3/c1-9-16-13(15(18)19-3)14(20-9)11-8-17(2)12-7-5-4-6-10(11)12/h4-8H,1-3H3. The van der Waals surface area contributed by atoms with Gasteiger partial charge < -0.3 is 13.7 Å². The van der Waals surface area contributed by atoms with Crippen molar-refractivity contribution >= 4 is 16.9 Å². The number of aryl methyl sites for hydroxylation is 2. The highest BCUT2D eigenvalue weighted by Crippen LogP contribution is 2.33. The maximum atomic E-state index is 11.8. The third-order valence-electron chi connectivity index (χ3n) is 3.25. The molecule has 2 aromatic heterocycles. The van der Waals surface area contributed by atoms with Gasteiger partial charge in [-0.15, -0.1) is 0 Å². The SMILES string of the molecule is COC(=O)c1nc(C)oc1-c1cn(C)c2ccccc12. The summed E-state index contributed by atoms with van der Waals surface area (Å²) < 4.78 is 12.4. The topological polar surface area (TPSA) is 57.3 Å². The number of rotatable bonds is 2. The number of carbonyl (C=O) groups excluding carboxylic acids is 1. The third kappa shape index (κ3) is 1.79. The number of esters is 1. The van der Waals surface area contributed by atoms with Gasteiger partial charge in [0.2, 0.25) is 0 Å².